The fraction of sp³-hybridized carbons (Fsp3) is 0.462. The van der Waals surface area contributed by atoms with Crippen molar-refractivity contribution in [1.29, 1.82) is 0 Å². The highest BCUT2D eigenvalue weighted by Crippen LogP contribution is 2.24. The maximum Gasteiger partial charge on any atom is 0.292 e. The van der Waals surface area contributed by atoms with Gasteiger partial charge in [0.25, 0.3) is 5.69 Å². The Morgan fingerprint density at radius 2 is 2.11 bits per heavy atom. The van der Waals surface area contributed by atoms with Crippen LogP contribution in [0.1, 0.15) is 31.2 Å². The van der Waals surface area contributed by atoms with Gasteiger partial charge in [-0.1, -0.05) is 12.5 Å². The van der Waals surface area contributed by atoms with Crippen LogP contribution >= 0.6 is 0 Å². The maximum atomic E-state index is 11.9. The minimum Gasteiger partial charge on any atom is -0.393 e. The summed E-state index contributed by atoms with van der Waals surface area (Å²) in [4.78, 5) is 24.0. The number of carbonyl (C=O) groups excluding carboxylic acids is 1. The number of rotatable bonds is 3. The molecule has 1 aliphatic heterocycles. The second-order valence-corrected chi connectivity index (χ2v) is 4.78. The first-order valence-electron chi connectivity index (χ1n) is 6.38. The molecule has 1 aromatic rings. The molecule has 0 aromatic heterocycles. The molecule has 1 amide bonds. The Hall–Kier alpha value is -2.11. The summed E-state index contributed by atoms with van der Waals surface area (Å²) in [7, 11) is 0. The number of carbonyl (C=O) groups is 1. The van der Waals surface area contributed by atoms with E-state index in [2.05, 4.69) is 0 Å². The molecule has 102 valence electrons. The molecule has 1 aliphatic rings. The van der Waals surface area contributed by atoms with Crippen molar-refractivity contribution < 1.29 is 9.72 Å². The van der Waals surface area contributed by atoms with E-state index in [1.807, 2.05) is 0 Å². The number of nitrogen functional groups attached to an aromatic ring is 1. The van der Waals surface area contributed by atoms with Crippen molar-refractivity contribution in [1.82, 2.24) is 4.90 Å². The fourth-order valence-corrected chi connectivity index (χ4v) is 2.27. The Balaban J connectivity index is 2.16. The highest BCUT2D eigenvalue weighted by Gasteiger charge is 2.18. The van der Waals surface area contributed by atoms with E-state index >= 15 is 0 Å². The summed E-state index contributed by atoms with van der Waals surface area (Å²) in [5.41, 5.74) is 6.35. The monoisotopic (exact) mass is 263 g/mol. The molecule has 0 spiro atoms. The molecule has 0 radical (unpaired) electrons. The molecule has 0 saturated carbocycles. The normalized spacial score (nSPS) is 16.2. The predicted octanol–water partition coefficient (Wildman–Crippen LogP) is 2.08. The van der Waals surface area contributed by atoms with Crippen LogP contribution in [0.3, 0.4) is 0 Å². The number of benzene rings is 1. The number of nitro benzene ring substituents is 1. The van der Waals surface area contributed by atoms with Crippen molar-refractivity contribution in [2.45, 2.75) is 32.2 Å². The SMILES string of the molecule is Nc1ccc(CN2CCCCCC2=O)cc1[N+](=O)[O-]. The van der Waals surface area contributed by atoms with Crippen molar-refractivity contribution in [2.24, 2.45) is 0 Å². The number of hydrogen-bond donors (Lipinski definition) is 1. The Labute approximate surface area is 111 Å². The Bertz CT molecular complexity index is 502. The van der Waals surface area contributed by atoms with Crippen LogP contribution in [0.2, 0.25) is 0 Å². The van der Waals surface area contributed by atoms with Gasteiger partial charge in [-0.2, -0.15) is 0 Å². The van der Waals surface area contributed by atoms with Gasteiger partial charge in [0, 0.05) is 25.6 Å². The summed E-state index contributed by atoms with van der Waals surface area (Å²) < 4.78 is 0. The lowest BCUT2D eigenvalue weighted by molar-refractivity contribution is -0.384. The van der Waals surface area contributed by atoms with E-state index in [0.717, 1.165) is 31.4 Å². The van der Waals surface area contributed by atoms with Crippen LogP contribution in [-0.4, -0.2) is 22.3 Å². The lowest BCUT2D eigenvalue weighted by Gasteiger charge is -2.20. The molecular weight excluding hydrogens is 246 g/mol. The predicted molar refractivity (Wildman–Crippen MR) is 71.4 cm³/mol. The Kier molecular flexibility index (Phi) is 3.99. The summed E-state index contributed by atoms with van der Waals surface area (Å²) in [5, 5.41) is 10.8. The van der Waals surface area contributed by atoms with Crippen molar-refractivity contribution >= 4 is 17.3 Å². The number of nitrogens with two attached hydrogens (primary N) is 1. The first-order valence-corrected chi connectivity index (χ1v) is 6.38. The van der Waals surface area contributed by atoms with E-state index in [1.165, 1.54) is 12.1 Å². The summed E-state index contributed by atoms with van der Waals surface area (Å²) in [6.45, 7) is 1.14. The van der Waals surface area contributed by atoms with Gasteiger partial charge in [0.2, 0.25) is 5.91 Å². The zero-order chi connectivity index (χ0) is 13.8. The molecule has 2 rings (SSSR count). The molecule has 0 unspecified atom stereocenters. The fourth-order valence-electron chi connectivity index (χ4n) is 2.27. The lowest BCUT2D eigenvalue weighted by Crippen LogP contribution is -2.29. The molecule has 0 aliphatic carbocycles. The maximum absolute atomic E-state index is 11.9. The highest BCUT2D eigenvalue weighted by molar-refractivity contribution is 5.76. The second kappa shape index (κ2) is 5.69. The first kappa shape index (κ1) is 13.3. The van der Waals surface area contributed by atoms with Crippen LogP contribution < -0.4 is 5.73 Å². The molecule has 2 N–H and O–H groups in total. The van der Waals surface area contributed by atoms with Crippen LogP contribution in [0.4, 0.5) is 11.4 Å². The van der Waals surface area contributed by atoms with Crippen molar-refractivity contribution in [2.75, 3.05) is 12.3 Å². The third-order valence-electron chi connectivity index (χ3n) is 3.34. The van der Waals surface area contributed by atoms with Gasteiger partial charge in [0.05, 0.1) is 4.92 Å². The Morgan fingerprint density at radius 1 is 1.32 bits per heavy atom. The minimum atomic E-state index is -0.497. The van der Waals surface area contributed by atoms with Gasteiger partial charge in [-0.05, 0) is 24.5 Å². The number of anilines is 1. The van der Waals surface area contributed by atoms with E-state index in [1.54, 1.807) is 11.0 Å². The number of nitro groups is 1. The van der Waals surface area contributed by atoms with E-state index < -0.39 is 4.92 Å². The summed E-state index contributed by atoms with van der Waals surface area (Å²) in [6, 6.07) is 4.71. The van der Waals surface area contributed by atoms with Gasteiger partial charge >= 0.3 is 0 Å². The number of hydrogen-bond acceptors (Lipinski definition) is 4. The van der Waals surface area contributed by atoms with Crippen LogP contribution in [-0.2, 0) is 11.3 Å². The van der Waals surface area contributed by atoms with Gasteiger partial charge in [-0.15, -0.1) is 0 Å². The van der Waals surface area contributed by atoms with Gasteiger partial charge in [0.15, 0.2) is 0 Å². The van der Waals surface area contributed by atoms with Crippen molar-refractivity contribution in [3.8, 4) is 0 Å². The summed E-state index contributed by atoms with van der Waals surface area (Å²) >= 11 is 0. The van der Waals surface area contributed by atoms with Crippen molar-refractivity contribution in [3.05, 3.63) is 33.9 Å². The smallest absolute Gasteiger partial charge is 0.292 e. The van der Waals surface area contributed by atoms with Gasteiger partial charge < -0.3 is 10.6 Å². The highest BCUT2D eigenvalue weighted by atomic mass is 16.6. The third kappa shape index (κ3) is 3.21. The quantitative estimate of drug-likeness (QED) is 0.513. The number of likely N-dealkylation sites (tertiary alicyclic amines) is 1. The van der Waals surface area contributed by atoms with Crippen LogP contribution in [0.15, 0.2) is 18.2 Å². The first-order chi connectivity index (χ1) is 9.08. The van der Waals surface area contributed by atoms with Crippen LogP contribution in [0, 0.1) is 10.1 Å². The zero-order valence-corrected chi connectivity index (χ0v) is 10.7. The lowest BCUT2D eigenvalue weighted by atomic mass is 10.1. The van der Waals surface area contributed by atoms with Gasteiger partial charge in [-0.3, -0.25) is 14.9 Å². The number of amides is 1. The van der Waals surface area contributed by atoms with Crippen LogP contribution in [0.25, 0.3) is 0 Å². The van der Waals surface area contributed by atoms with E-state index in [9.17, 15) is 14.9 Å². The molecule has 0 atom stereocenters. The Morgan fingerprint density at radius 3 is 2.84 bits per heavy atom. The topological polar surface area (TPSA) is 89.5 Å². The largest absolute Gasteiger partial charge is 0.393 e. The van der Waals surface area contributed by atoms with Gasteiger partial charge in [-0.25, -0.2) is 0 Å². The standard InChI is InChI=1S/C13H17N3O3/c14-11-6-5-10(8-12(11)16(18)19)9-15-7-3-1-2-4-13(15)17/h5-6,8H,1-4,7,9,14H2. The second-order valence-electron chi connectivity index (χ2n) is 4.78. The molecule has 1 heterocycles. The molecule has 6 nitrogen and oxygen atoms in total. The minimum absolute atomic E-state index is 0.0974. The summed E-state index contributed by atoms with van der Waals surface area (Å²) in [6.07, 6.45) is 3.54. The molecule has 6 heteroatoms. The summed E-state index contributed by atoms with van der Waals surface area (Å²) in [5.74, 6) is 0.122. The molecule has 1 aromatic carbocycles. The molecule has 1 saturated heterocycles. The van der Waals surface area contributed by atoms with Crippen LogP contribution in [0.5, 0.6) is 0 Å². The molecule has 1 fully saturated rings. The third-order valence-corrected chi connectivity index (χ3v) is 3.34. The van der Waals surface area contributed by atoms with E-state index in [4.69, 9.17) is 5.73 Å². The average Bonchev–Trinajstić information content (AvgIpc) is 2.57. The molecule has 0 bridgehead atoms. The number of nitrogens with zero attached hydrogens (tertiary/aromatic N) is 2. The van der Waals surface area contributed by atoms with E-state index in [-0.39, 0.29) is 17.3 Å². The van der Waals surface area contributed by atoms with E-state index in [0.29, 0.717) is 13.0 Å². The van der Waals surface area contributed by atoms with Gasteiger partial charge in [0.1, 0.15) is 5.69 Å². The zero-order valence-electron chi connectivity index (χ0n) is 10.7. The van der Waals surface area contributed by atoms with Crippen molar-refractivity contribution in [3.63, 3.8) is 0 Å². The molecule has 19 heavy (non-hydrogen) atoms. The molecular formula is C13H17N3O3. The average molecular weight is 263 g/mol.